The Morgan fingerprint density at radius 2 is 1.93 bits per heavy atom. The largest absolute Gasteiger partial charge is 0.486 e. The molecular weight excluding hydrogens is 368 g/mol. The summed E-state index contributed by atoms with van der Waals surface area (Å²) in [5.41, 5.74) is 0.400. The van der Waals surface area contributed by atoms with Crippen LogP contribution in [-0.2, 0) is 14.8 Å². The van der Waals surface area contributed by atoms with E-state index in [1.807, 2.05) is 0 Å². The Kier molecular flexibility index (Phi) is 4.70. The lowest BCUT2D eigenvalue weighted by Gasteiger charge is -2.31. The van der Waals surface area contributed by atoms with E-state index in [0.29, 0.717) is 42.2 Å². The number of amides is 1. The van der Waals surface area contributed by atoms with Crippen LogP contribution in [0.3, 0.4) is 0 Å². The van der Waals surface area contributed by atoms with Crippen molar-refractivity contribution in [3.8, 4) is 11.5 Å². The first-order valence-corrected chi connectivity index (χ1v) is 11.4. The quantitative estimate of drug-likeness (QED) is 0.825. The van der Waals surface area contributed by atoms with Crippen molar-refractivity contribution in [2.24, 2.45) is 11.8 Å². The molecule has 2 bridgehead atoms. The molecular formula is C19H26N2O5S. The molecule has 3 aliphatic rings. The van der Waals surface area contributed by atoms with Crippen LogP contribution in [0.1, 0.15) is 32.6 Å². The Hall–Kier alpha value is -1.96. The highest BCUT2D eigenvalue weighted by Crippen LogP contribution is 2.44. The Bertz CT molecular complexity index is 841. The zero-order valence-corrected chi connectivity index (χ0v) is 16.5. The molecule has 1 aromatic carbocycles. The highest BCUT2D eigenvalue weighted by Gasteiger charge is 2.41. The van der Waals surface area contributed by atoms with Gasteiger partial charge in [0.15, 0.2) is 11.5 Å². The number of benzene rings is 1. The molecule has 2 saturated carbocycles. The molecule has 1 heterocycles. The van der Waals surface area contributed by atoms with Gasteiger partial charge in [-0.1, -0.05) is 6.42 Å². The lowest BCUT2D eigenvalue weighted by atomic mass is 9.95. The molecule has 0 spiro atoms. The standard InChI is InChI=1S/C19H26N2O5S/c1-12(19(22)20-16-10-13-3-4-14(16)9-13)21(27(2,23)24)15-5-6-17-18(11-15)26-8-7-25-17/h5-6,11-14,16H,3-4,7-10H2,1-2H3,(H,20,22)/t12-,13-,14-,16-/m1/s1. The first-order chi connectivity index (χ1) is 12.8. The molecule has 27 heavy (non-hydrogen) atoms. The smallest absolute Gasteiger partial charge is 0.243 e. The average molecular weight is 394 g/mol. The fraction of sp³-hybridized carbons (Fsp3) is 0.632. The molecule has 0 radical (unpaired) electrons. The minimum absolute atomic E-state index is 0.167. The van der Waals surface area contributed by atoms with E-state index in [-0.39, 0.29) is 11.9 Å². The van der Waals surface area contributed by atoms with Crippen LogP contribution in [0.5, 0.6) is 11.5 Å². The first kappa shape index (κ1) is 18.4. The van der Waals surface area contributed by atoms with Crippen molar-refractivity contribution in [1.82, 2.24) is 5.32 Å². The van der Waals surface area contributed by atoms with Crippen LogP contribution in [0.25, 0.3) is 0 Å². The molecule has 0 aromatic heterocycles. The summed E-state index contributed by atoms with van der Waals surface area (Å²) in [5.74, 6) is 2.06. The molecule has 4 atom stereocenters. The number of carbonyl (C=O) groups excluding carboxylic acids is 1. The van der Waals surface area contributed by atoms with Crippen LogP contribution in [-0.4, -0.2) is 45.9 Å². The number of nitrogens with one attached hydrogen (secondary N) is 1. The van der Waals surface area contributed by atoms with Gasteiger partial charge in [-0.3, -0.25) is 9.10 Å². The van der Waals surface area contributed by atoms with Crippen LogP contribution in [0.4, 0.5) is 5.69 Å². The summed E-state index contributed by atoms with van der Waals surface area (Å²) in [5, 5.41) is 3.09. The van der Waals surface area contributed by atoms with Gasteiger partial charge in [0.2, 0.25) is 15.9 Å². The molecule has 1 aliphatic heterocycles. The lowest BCUT2D eigenvalue weighted by molar-refractivity contribution is -0.122. The highest BCUT2D eigenvalue weighted by molar-refractivity contribution is 7.92. The van der Waals surface area contributed by atoms with E-state index in [1.54, 1.807) is 25.1 Å². The van der Waals surface area contributed by atoms with Crippen molar-refractivity contribution in [2.45, 2.75) is 44.7 Å². The van der Waals surface area contributed by atoms with Gasteiger partial charge in [-0.2, -0.15) is 0 Å². The van der Waals surface area contributed by atoms with E-state index in [9.17, 15) is 13.2 Å². The zero-order valence-electron chi connectivity index (χ0n) is 15.7. The van der Waals surface area contributed by atoms with Gasteiger partial charge in [-0.15, -0.1) is 0 Å². The number of hydrogen-bond acceptors (Lipinski definition) is 5. The summed E-state index contributed by atoms with van der Waals surface area (Å²) in [7, 11) is -3.66. The summed E-state index contributed by atoms with van der Waals surface area (Å²) in [4.78, 5) is 12.9. The van der Waals surface area contributed by atoms with Crippen LogP contribution < -0.4 is 19.1 Å². The van der Waals surface area contributed by atoms with Gasteiger partial charge >= 0.3 is 0 Å². The minimum atomic E-state index is -3.66. The van der Waals surface area contributed by atoms with E-state index >= 15 is 0 Å². The third-order valence-corrected chi connectivity index (χ3v) is 7.18. The molecule has 8 heteroatoms. The van der Waals surface area contributed by atoms with Crippen molar-refractivity contribution in [1.29, 1.82) is 0 Å². The number of sulfonamides is 1. The van der Waals surface area contributed by atoms with Crippen molar-refractivity contribution in [2.75, 3.05) is 23.8 Å². The average Bonchev–Trinajstić information content (AvgIpc) is 3.23. The van der Waals surface area contributed by atoms with Crippen LogP contribution >= 0.6 is 0 Å². The third kappa shape index (κ3) is 3.59. The Balaban J connectivity index is 1.55. The Labute approximate surface area is 160 Å². The second-order valence-electron chi connectivity index (χ2n) is 7.85. The van der Waals surface area contributed by atoms with Crippen LogP contribution in [0.15, 0.2) is 18.2 Å². The van der Waals surface area contributed by atoms with Gasteiger partial charge in [0.25, 0.3) is 0 Å². The van der Waals surface area contributed by atoms with E-state index < -0.39 is 16.1 Å². The summed E-state index contributed by atoms with van der Waals surface area (Å²) in [6.07, 6.45) is 5.70. The molecule has 2 fully saturated rings. The molecule has 1 N–H and O–H groups in total. The number of anilines is 1. The molecule has 4 rings (SSSR count). The fourth-order valence-corrected chi connectivity index (χ4v) is 5.87. The highest BCUT2D eigenvalue weighted by atomic mass is 32.2. The van der Waals surface area contributed by atoms with Gasteiger partial charge in [-0.25, -0.2) is 8.42 Å². The molecule has 2 aliphatic carbocycles. The maximum atomic E-state index is 12.9. The summed E-state index contributed by atoms with van der Waals surface area (Å²) in [6.45, 7) is 2.50. The maximum absolute atomic E-state index is 12.9. The molecule has 0 unspecified atom stereocenters. The number of fused-ring (bicyclic) bond motifs is 3. The van der Waals surface area contributed by atoms with Gasteiger partial charge in [0, 0.05) is 12.1 Å². The van der Waals surface area contributed by atoms with E-state index in [1.165, 1.54) is 12.8 Å². The molecule has 0 saturated heterocycles. The topological polar surface area (TPSA) is 84.9 Å². The normalized spacial score (nSPS) is 27.3. The minimum Gasteiger partial charge on any atom is -0.486 e. The molecule has 1 amide bonds. The number of ether oxygens (including phenoxy) is 2. The van der Waals surface area contributed by atoms with Gasteiger partial charge in [0.1, 0.15) is 19.3 Å². The molecule has 148 valence electrons. The number of hydrogen-bond donors (Lipinski definition) is 1. The SMILES string of the molecule is C[C@H](C(=O)N[C@@H]1C[C@@H]2CC[C@@H]1C2)N(c1ccc2c(c1)OCCO2)S(C)(=O)=O. The predicted molar refractivity (Wildman–Crippen MR) is 102 cm³/mol. The molecule has 1 aromatic rings. The Morgan fingerprint density at radius 3 is 2.56 bits per heavy atom. The van der Waals surface area contributed by atoms with Crippen molar-refractivity contribution >= 4 is 21.6 Å². The maximum Gasteiger partial charge on any atom is 0.243 e. The fourth-order valence-electron chi connectivity index (χ4n) is 4.70. The van der Waals surface area contributed by atoms with Gasteiger partial charge in [0.05, 0.1) is 11.9 Å². The summed E-state index contributed by atoms with van der Waals surface area (Å²) >= 11 is 0. The molecule has 7 nitrogen and oxygen atoms in total. The monoisotopic (exact) mass is 394 g/mol. The number of nitrogens with zero attached hydrogens (tertiary/aromatic N) is 1. The zero-order chi connectivity index (χ0) is 19.2. The van der Waals surface area contributed by atoms with Crippen LogP contribution in [0, 0.1) is 11.8 Å². The van der Waals surface area contributed by atoms with Crippen molar-refractivity contribution < 1.29 is 22.7 Å². The van der Waals surface area contributed by atoms with Crippen molar-refractivity contribution in [3.63, 3.8) is 0 Å². The number of carbonyl (C=O) groups is 1. The van der Waals surface area contributed by atoms with E-state index in [4.69, 9.17) is 9.47 Å². The predicted octanol–water partition coefficient (Wildman–Crippen LogP) is 1.92. The third-order valence-electron chi connectivity index (χ3n) is 5.93. The Morgan fingerprint density at radius 1 is 1.19 bits per heavy atom. The van der Waals surface area contributed by atoms with Crippen LogP contribution in [0.2, 0.25) is 0 Å². The first-order valence-electron chi connectivity index (χ1n) is 9.52. The number of rotatable bonds is 5. The van der Waals surface area contributed by atoms with Crippen molar-refractivity contribution in [3.05, 3.63) is 18.2 Å². The summed E-state index contributed by atoms with van der Waals surface area (Å²) < 4.78 is 37.2. The van der Waals surface area contributed by atoms with Gasteiger partial charge in [-0.05, 0) is 50.2 Å². The van der Waals surface area contributed by atoms with E-state index in [2.05, 4.69) is 5.32 Å². The summed E-state index contributed by atoms with van der Waals surface area (Å²) in [6, 6.07) is 4.28. The lowest BCUT2D eigenvalue weighted by Crippen LogP contribution is -2.51. The van der Waals surface area contributed by atoms with Gasteiger partial charge < -0.3 is 14.8 Å². The second-order valence-corrected chi connectivity index (χ2v) is 9.71. The van der Waals surface area contributed by atoms with E-state index in [0.717, 1.165) is 23.4 Å². The second kappa shape index (κ2) is 6.89.